The van der Waals surface area contributed by atoms with E-state index in [1.807, 2.05) is 0 Å². The predicted octanol–water partition coefficient (Wildman–Crippen LogP) is -0.186. The van der Waals surface area contributed by atoms with Crippen molar-refractivity contribution in [1.82, 2.24) is 5.32 Å². The monoisotopic (exact) mass is 202 g/mol. The maximum absolute atomic E-state index is 11.4. The van der Waals surface area contributed by atoms with Gasteiger partial charge in [-0.05, 0) is 13.3 Å². The molecule has 1 rings (SSSR count). The Morgan fingerprint density at radius 1 is 1.77 bits per heavy atom. The summed E-state index contributed by atoms with van der Waals surface area (Å²) in [5.41, 5.74) is 5.35. The molecule has 1 fully saturated rings. The molecule has 1 heterocycles. The molecule has 0 aromatic rings. The lowest BCUT2D eigenvalue weighted by Gasteiger charge is -2.14. The Bertz CT molecular complexity index is 214. The number of nitrogens with one attached hydrogen (secondary N) is 1. The van der Waals surface area contributed by atoms with Crippen LogP contribution in [-0.2, 0) is 9.53 Å². The molecule has 1 aliphatic heterocycles. The second-order valence-corrected chi connectivity index (χ2v) is 3.66. The summed E-state index contributed by atoms with van der Waals surface area (Å²) < 4.78 is 5.12. The Hall–Kier alpha value is -0.680. The fourth-order valence-electron chi connectivity index (χ4n) is 1.10. The quantitative estimate of drug-likeness (QED) is 0.623. The zero-order valence-corrected chi connectivity index (χ0v) is 8.39. The van der Waals surface area contributed by atoms with Crippen LogP contribution in [0.2, 0.25) is 0 Å². The summed E-state index contributed by atoms with van der Waals surface area (Å²) >= 11 is 4.72. The van der Waals surface area contributed by atoms with Crippen molar-refractivity contribution in [1.29, 1.82) is 0 Å². The van der Waals surface area contributed by atoms with Gasteiger partial charge in [-0.3, -0.25) is 4.79 Å². The van der Waals surface area contributed by atoms with E-state index in [2.05, 4.69) is 5.32 Å². The first-order chi connectivity index (χ1) is 6.11. The highest BCUT2D eigenvalue weighted by molar-refractivity contribution is 7.80. The van der Waals surface area contributed by atoms with Crippen LogP contribution in [-0.4, -0.2) is 30.2 Å². The van der Waals surface area contributed by atoms with Gasteiger partial charge >= 0.3 is 0 Å². The van der Waals surface area contributed by atoms with Crippen molar-refractivity contribution in [3.8, 4) is 0 Å². The number of amides is 1. The molecule has 5 heteroatoms. The molecule has 1 aliphatic rings. The van der Waals surface area contributed by atoms with E-state index in [4.69, 9.17) is 22.7 Å². The zero-order chi connectivity index (χ0) is 9.84. The molecule has 0 aromatic carbocycles. The number of thiocarbonyl (C=S) groups is 1. The molecule has 0 radical (unpaired) electrons. The van der Waals surface area contributed by atoms with Crippen LogP contribution in [0.15, 0.2) is 0 Å². The number of hydrogen-bond acceptors (Lipinski definition) is 3. The molecule has 4 nitrogen and oxygen atoms in total. The van der Waals surface area contributed by atoms with E-state index in [9.17, 15) is 4.79 Å². The van der Waals surface area contributed by atoms with E-state index in [1.165, 1.54) is 0 Å². The molecule has 1 saturated heterocycles. The van der Waals surface area contributed by atoms with Crippen molar-refractivity contribution in [3.63, 3.8) is 0 Å². The lowest BCUT2D eigenvalue weighted by molar-refractivity contribution is -0.123. The van der Waals surface area contributed by atoms with Crippen LogP contribution < -0.4 is 11.1 Å². The maximum Gasteiger partial charge on any atom is 0.229 e. The van der Waals surface area contributed by atoms with E-state index in [1.54, 1.807) is 6.92 Å². The summed E-state index contributed by atoms with van der Waals surface area (Å²) in [6.07, 6.45) is 0.871. The second-order valence-electron chi connectivity index (χ2n) is 3.19. The molecule has 2 unspecified atom stereocenters. The van der Waals surface area contributed by atoms with Crippen molar-refractivity contribution in [2.75, 3.05) is 13.2 Å². The van der Waals surface area contributed by atoms with Crippen molar-refractivity contribution in [3.05, 3.63) is 0 Å². The van der Waals surface area contributed by atoms with Gasteiger partial charge in [0, 0.05) is 6.61 Å². The molecule has 0 bridgehead atoms. The van der Waals surface area contributed by atoms with Crippen molar-refractivity contribution in [2.24, 2.45) is 11.7 Å². The smallest absolute Gasteiger partial charge is 0.229 e. The SMILES string of the molecule is CC(C(=O)NC1CCOC1)C(N)=S. The molecule has 0 saturated carbocycles. The van der Waals surface area contributed by atoms with Crippen molar-refractivity contribution < 1.29 is 9.53 Å². The van der Waals surface area contributed by atoms with Gasteiger partial charge in [-0.25, -0.2) is 0 Å². The molecule has 0 aromatic heterocycles. The Labute approximate surface area is 82.8 Å². The Kier molecular flexibility index (Phi) is 3.62. The van der Waals surface area contributed by atoms with Crippen LogP contribution >= 0.6 is 12.2 Å². The lowest BCUT2D eigenvalue weighted by atomic mass is 10.1. The third-order valence-electron chi connectivity index (χ3n) is 2.10. The normalized spacial score (nSPS) is 23.9. The van der Waals surface area contributed by atoms with Crippen LogP contribution in [0.4, 0.5) is 0 Å². The summed E-state index contributed by atoms with van der Waals surface area (Å²) in [5.74, 6) is -0.501. The Balaban J connectivity index is 2.35. The van der Waals surface area contributed by atoms with Gasteiger partial charge in [0.1, 0.15) is 0 Å². The molecule has 1 amide bonds. The summed E-state index contributed by atoms with van der Waals surface area (Å²) in [6, 6.07) is 0.129. The van der Waals surface area contributed by atoms with Crippen molar-refractivity contribution >= 4 is 23.1 Å². The van der Waals surface area contributed by atoms with Gasteiger partial charge in [-0.1, -0.05) is 12.2 Å². The van der Waals surface area contributed by atoms with Crippen LogP contribution in [0.25, 0.3) is 0 Å². The highest BCUT2D eigenvalue weighted by Gasteiger charge is 2.22. The number of carbonyl (C=O) groups excluding carboxylic acids is 1. The van der Waals surface area contributed by atoms with Crippen molar-refractivity contribution in [2.45, 2.75) is 19.4 Å². The molecule has 0 spiro atoms. The van der Waals surface area contributed by atoms with E-state index in [0.717, 1.165) is 6.42 Å². The Morgan fingerprint density at radius 3 is 2.92 bits per heavy atom. The van der Waals surface area contributed by atoms with Gasteiger partial charge in [0.25, 0.3) is 0 Å². The van der Waals surface area contributed by atoms with Crippen LogP contribution in [0.1, 0.15) is 13.3 Å². The van der Waals surface area contributed by atoms with E-state index in [0.29, 0.717) is 13.2 Å². The van der Waals surface area contributed by atoms with E-state index >= 15 is 0 Å². The van der Waals surface area contributed by atoms with E-state index < -0.39 is 5.92 Å². The number of hydrogen-bond donors (Lipinski definition) is 2. The molecule has 13 heavy (non-hydrogen) atoms. The summed E-state index contributed by atoms with van der Waals surface area (Å²) in [6.45, 7) is 3.01. The number of nitrogens with two attached hydrogens (primary N) is 1. The number of carbonyl (C=O) groups is 1. The molecular formula is C8H14N2O2S. The third kappa shape index (κ3) is 2.93. The molecule has 3 N–H and O–H groups in total. The second kappa shape index (κ2) is 4.53. The molecular weight excluding hydrogens is 188 g/mol. The first-order valence-corrected chi connectivity index (χ1v) is 4.69. The minimum atomic E-state index is -0.393. The number of rotatable bonds is 3. The fourth-order valence-corrected chi connectivity index (χ4v) is 1.21. The molecule has 0 aliphatic carbocycles. The van der Waals surface area contributed by atoms with Gasteiger partial charge in [-0.2, -0.15) is 0 Å². The van der Waals surface area contributed by atoms with Gasteiger partial charge in [-0.15, -0.1) is 0 Å². The minimum absolute atomic E-state index is 0.108. The van der Waals surface area contributed by atoms with Crippen LogP contribution in [0.3, 0.4) is 0 Å². The third-order valence-corrected chi connectivity index (χ3v) is 2.45. The van der Waals surface area contributed by atoms with Gasteiger partial charge in [0.05, 0.1) is 23.6 Å². The highest BCUT2D eigenvalue weighted by atomic mass is 32.1. The predicted molar refractivity (Wildman–Crippen MR) is 53.3 cm³/mol. The topological polar surface area (TPSA) is 64.3 Å². The Morgan fingerprint density at radius 2 is 2.46 bits per heavy atom. The standard InChI is InChI=1S/C8H14N2O2S/c1-5(7(9)13)8(11)10-6-2-3-12-4-6/h5-6H,2-4H2,1H3,(H2,9,13)(H,10,11). The largest absolute Gasteiger partial charge is 0.393 e. The van der Waals surface area contributed by atoms with E-state index in [-0.39, 0.29) is 16.9 Å². The average Bonchev–Trinajstić information content (AvgIpc) is 2.55. The average molecular weight is 202 g/mol. The summed E-state index contributed by atoms with van der Waals surface area (Å²) in [4.78, 5) is 11.6. The zero-order valence-electron chi connectivity index (χ0n) is 7.58. The molecule has 2 atom stereocenters. The maximum atomic E-state index is 11.4. The minimum Gasteiger partial charge on any atom is -0.393 e. The highest BCUT2D eigenvalue weighted by Crippen LogP contribution is 2.05. The van der Waals surface area contributed by atoms with Gasteiger partial charge in [0.15, 0.2) is 0 Å². The summed E-state index contributed by atoms with van der Waals surface area (Å²) in [7, 11) is 0. The van der Waals surface area contributed by atoms with Gasteiger partial charge in [0.2, 0.25) is 5.91 Å². The lowest BCUT2D eigenvalue weighted by Crippen LogP contribution is -2.42. The summed E-state index contributed by atoms with van der Waals surface area (Å²) in [5, 5.41) is 2.83. The van der Waals surface area contributed by atoms with Crippen LogP contribution in [0.5, 0.6) is 0 Å². The first kappa shape index (κ1) is 10.4. The first-order valence-electron chi connectivity index (χ1n) is 4.28. The van der Waals surface area contributed by atoms with Gasteiger partial charge < -0.3 is 15.8 Å². The number of ether oxygens (including phenoxy) is 1. The molecule has 74 valence electrons. The van der Waals surface area contributed by atoms with Crippen LogP contribution in [0, 0.1) is 5.92 Å². The fraction of sp³-hybridized carbons (Fsp3) is 0.750.